The van der Waals surface area contributed by atoms with Gasteiger partial charge in [-0.15, -0.1) is 0 Å². The van der Waals surface area contributed by atoms with Crippen LogP contribution in [0.15, 0.2) is 24.3 Å². The van der Waals surface area contributed by atoms with Crippen molar-refractivity contribution in [3.63, 3.8) is 0 Å². The summed E-state index contributed by atoms with van der Waals surface area (Å²) in [4.78, 5) is 11.8. The molecule has 1 amide bonds. The summed E-state index contributed by atoms with van der Waals surface area (Å²) in [5.74, 6) is -0.0170. The van der Waals surface area contributed by atoms with Crippen LogP contribution in [0.25, 0.3) is 0 Å². The monoisotopic (exact) mass is 283 g/mol. The minimum absolute atomic E-state index is 0.0170. The minimum Gasteiger partial charge on any atom is -0.379 e. The fourth-order valence-electron chi connectivity index (χ4n) is 1.66. The van der Waals surface area contributed by atoms with E-state index >= 15 is 0 Å². The second-order valence-corrected chi connectivity index (χ2v) is 4.43. The molecule has 1 aliphatic heterocycles. The van der Waals surface area contributed by atoms with Gasteiger partial charge in [-0.05, 0) is 24.1 Å². The number of carbonyl (C=O) groups excluding carboxylic acids is 1. The van der Waals surface area contributed by atoms with Crippen molar-refractivity contribution >= 4 is 21.8 Å². The van der Waals surface area contributed by atoms with Crippen LogP contribution in [0, 0.1) is 0 Å². The highest BCUT2D eigenvalue weighted by molar-refractivity contribution is 9.08. The van der Waals surface area contributed by atoms with Gasteiger partial charge in [-0.1, -0.05) is 28.1 Å². The molecule has 16 heavy (non-hydrogen) atoms. The lowest BCUT2D eigenvalue weighted by Gasteiger charge is -2.10. The SMILES string of the molecule is O=C(NC1CCOC1)c1ccc(CBr)cc1. The van der Waals surface area contributed by atoms with Crippen molar-refractivity contribution in [2.75, 3.05) is 13.2 Å². The third-order valence-corrected chi connectivity index (χ3v) is 3.28. The van der Waals surface area contributed by atoms with E-state index in [1.54, 1.807) is 0 Å². The van der Waals surface area contributed by atoms with Crippen LogP contribution in [0.5, 0.6) is 0 Å². The van der Waals surface area contributed by atoms with E-state index in [-0.39, 0.29) is 11.9 Å². The lowest BCUT2D eigenvalue weighted by atomic mass is 10.1. The van der Waals surface area contributed by atoms with E-state index in [1.165, 1.54) is 5.56 Å². The van der Waals surface area contributed by atoms with Crippen LogP contribution < -0.4 is 5.32 Å². The number of halogens is 1. The highest BCUT2D eigenvalue weighted by Crippen LogP contribution is 2.09. The normalized spacial score (nSPS) is 19.7. The zero-order valence-corrected chi connectivity index (χ0v) is 10.5. The van der Waals surface area contributed by atoms with Crippen LogP contribution in [0.2, 0.25) is 0 Å². The van der Waals surface area contributed by atoms with Crippen LogP contribution in [0.3, 0.4) is 0 Å². The fourth-order valence-corrected chi connectivity index (χ4v) is 2.04. The summed E-state index contributed by atoms with van der Waals surface area (Å²) >= 11 is 3.37. The lowest BCUT2D eigenvalue weighted by molar-refractivity contribution is 0.0930. The number of alkyl halides is 1. The van der Waals surface area contributed by atoms with Crippen molar-refractivity contribution in [3.8, 4) is 0 Å². The molecule has 0 saturated carbocycles. The summed E-state index contributed by atoms with van der Waals surface area (Å²) in [5, 5.41) is 3.77. The van der Waals surface area contributed by atoms with Gasteiger partial charge in [0.15, 0.2) is 0 Å². The quantitative estimate of drug-likeness (QED) is 0.863. The Labute approximate surface area is 103 Å². The molecule has 0 spiro atoms. The molecule has 1 fully saturated rings. The molecule has 1 aromatic rings. The molecule has 4 heteroatoms. The van der Waals surface area contributed by atoms with Crippen molar-refractivity contribution in [2.45, 2.75) is 17.8 Å². The van der Waals surface area contributed by atoms with Crippen molar-refractivity contribution < 1.29 is 9.53 Å². The Morgan fingerprint density at radius 2 is 2.19 bits per heavy atom. The fraction of sp³-hybridized carbons (Fsp3) is 0.417. The molecule has 1 unspecified atom stereocenters. The second kappa shape index (κ2) is 5.46. The largest absolute Gasteiger partial charge is 0.379 e. The Morgan fingerprint density at radius 3 is 2.75 bits per heavy atom. The van der Waals surface area contributed by atoms with Crippen molar-refractivity contribution in [2.24, 2.45) is 0 Å². The number of carbonyl (C=O) groups is 1. The van der Waals surface area contributed by atoms with Gasteiger partial charge in [0.25, 0.3) is 5.91 Å². The van der Waals surface area contributed by atoms with Gasteiger partial charge in [-0.2, -0.15) is 0 Å². The first-order chi connectivity index (χ1) is 7.79. The zero-order chi connectivity index (χ0) is 11.4. The maximum absolute atomic E-state index is 11.8. The molecule has 1 heterocycles. The number of nitrogens with one attached hydrogen (secondary N) is 1. The first kappa shape index (κ1) is 11.6. The summed E-state index contributed by atoms with van der Waals surface area (Å²) in [6, 6.07) is 7.77. The molecule has 1 saturated heterocycles. The second-order valence-electron chi connectivity index (χ2n) is 3.86. The highest BCUT2D eigenvalue weighted by Gasteiger charge is 2.18. The molecular formula is C12H14BrNO2. The van der Waals surface area contributed by atoms with Gasteiger partial charge in [0.1, 0.15) is 0 Å². The summed E-state index contributed by atoms with van der Waals surface area (Å²) in [6.07, 6.45) is 0.908. The van der Waals surface area contributed by atoms with E-state index in [1.807, 2.05) is 24.3 Å². The Kier molecular flexibility index (Phi) is 3.96. The average Bonchev–Trinajstić information content (AvgIpc) is 2.82. The molecule has 1 atom stereocenters. The molecule has 0 radical (unpaired) electrons. The van der Waals surface area contributed by atoms with Gasteiger partial charge >= 0.3 is 0 Å². The summed E-state index contributed by atoms with van der Waals surface area (Å²) in [5.41, 5.74) is 1.87. The first-order valence-electron chi connectivity index (χ1n) is 5.33. The number of benzene rings is 1. The molecule has 0 aliphatic carbocycles. The van der Waals surface area contributed by atoms with Crippen LogP contribution >= 0.6 is 15.9 Å². The Balaban J connectivity index is 1.97. The molecule has 2 rings (SSSR count). The minimum atomic E-state index is -0.0170. The van der Waals surface area contributed by atoms with E-state index < -0.39 is 0 Å². The predicted molar refractivity (Wildman–Crippen MR) is 65.8 cm³/mol. The smallest absolute Gasteiger partial charge is 0.251 e. The number of rotatable bonds is 3. The van der Waals surface area contributed by atoms with E-state index in [2.05, 4.69) is 21.2 Å². The maximum atomic E-state index is 11.8. The molecule has 1 N–H and O–H groups in total. The Hall–Kier alpha value is -0.870. The Bertz CT molecular complexity index is 358. The van der Waals surface area contributed by atoms with Crippen molar-refractivity contribution in [1.29, 1.82) is 0 Å². The van der Waals surface area contributed by atoms with Gasteiger partial charge in [0.05, 0.1) is 12.6 Å². The summed E-state index contributed by atoms with van der Waals surface area (Å²) < 4.78 is 5.21. The van der Waals surface area contributed by atoms with E-state index in [4.69, 9.17) is 4.74 Å². The predicted octanol–water partition coefficient (Wildman–Crippen LogP) is 2.10. The lowest BCUT2D eigenvalue weighted by Crippen LogP contribution is -2.34. The summed E-state index contributed by atoms with van der Waals surface area (Å²) in [6.45, 7) is 1.37. The molecule has 3 nitrogen and oxygen atoms in total. The van der Waals surface area contributed by atoms with Crippen LogP contribution in [0.4, 0.5) is 0 Å². The first-order valence-corrected chi connectivity index (χ1v) is 6.45. The highest BCUT2D eigenvalue weighted by atomic mass is 79.9. The molecule has 0 aromatic heterocycles. The van der Waals surface area contributed by atoms with E-state index in [9.17, 15) is 4.79 Å². The average molecular weight is 284 g/mol. The number of ether oxygens (including phenoxy) is 1. The zero-order valence-electron chi connectivity index (χ0n) is 8.91. The van der Waals surface area contributed by atoms with Gasteiger partial charge in [-0.25, -0.2) is 0 Å². The topological polar surface area (TPSA) is 38.3 Å². The van der Waals surface area contributed by atoms with Gasteiger partial charge in [0.2, 0.25) is 0 Å². The number of amides is 1. The van der Waals surface area contributed by atoms with Crippen LogP contribution in [-0.2, 0) is 10.1 Å². The van der Waals surface area contributed by atoms with Gasteiger partial charge in [0, 0.05) is 17.5 Å². The maximum Gasteiger partial charge on any atom is 0.251 e. The molecule has 1 aliphatic rings. The van der Waals surface area contributed by atoms with Crippen molar-refractivity contribution in [3.05, 3.63) is 35.4 Å². The standard InChI is InChI=1S/C12H14BrNO2/c13-7-9-1-3-10(4-2-9)12(15)14-11-5-6-16-8-11/h1-4,11H,5-8H2,(H,14,15). The third kappa shape index (κ3) is 2.83. The molecule has 86 valence electrons. The molecule has 1 aromatic carbocycles. The number of hydrogen-bond acceptors (Lipinski definition) is 2. The van der Waals surface area contributed by atoms with Crippen molar-refractivity contribution in [1.82, 2.24) is 5.32 Å². The Morgan fingerprint density at radius 1 is 1.44 bits per heavy atom. The molecule has 0 bridgehead atoms. The summed E-state index contributed by atoms with van der Waals surface area (Å²) in [7, 11) is 0. The number of hydrogen-bond donors (Lipinski definition) is 1. The van der Waals surface area contributed by atoms with E-state index in [0.717, 1.165) is 18.4 Å². The van der Waals surface area contributed by atoms with Crippen LogP contribution in [0.1, 0.15) is 22.3 Å². The third-order valence-electron chi connectivity index (χ3n) is 2.64. The molecular weight excluding hydrogens is 270 g/mol. The van der Waals surface area contributed by atoms with Gasteiger partial charge in [-0.3, -0.25) is 4.79 Å². The van der Waals surface area contributed by atoms with Crippen LogP contribution in [-0.4, -0.2) is 25.2 Å². The van der Waals surface area contributed by atoms with E-state index in [0.29, 0.717) is 12.2 Å². The van der Waals surface area contributed by atoms with Gasteiger partial charge < -0.3 is 10.1 Å².